The van der Waals surface area contributed by atoms with E-state index in [-0.39, 0.29) is 29.2 Å². The van der Waals surface area contributed by atoms with Gasteiger partial charge in [-0.2, -0.15) is 13.2 Å². The van der Waals surface area contributed by atoms with E-state index in [1.54, 1.807) is 0 Å². The van der Waals surface area contributed by atoms with Gasteiger partial charge in [-0.25, -0.2) is 13.2 Å². The maximum atomic E-state index is 13.1. The highest BCUT2D eigenvalue weighted by Crippen LogP contribution is 2.36. The minimum Gasteiger partial charge on any atom is -0.480 e. The van der Waals surface area contributed by atoms with Crippen LogP contribution in [0, 0.1) is 0 Å². The molecule has 3 rings (SSSR count). The van der Waals surface area contributed by atoms with Crippen molar-refractivity contribution in [3.8, 4) is 0 Å². The standard InChI is InChI=1S/C19H15Cl2F3N2O5S/c20-10-3-5-12(17(27)26-7-1-2-16(26)18(28)29)15(8-10)25-32(30,31)11-4-6-14(21)13(9-11)19(22,23)24/h3-6,8-9,16,25H,1-2,7H2,(H,28,29). The highest BCUT2D eigenvalue weighted by molar-refractivity contribution is 7.92. The molecule has 1 atom stereocenters. The van der Waals surface area contributed by atoms with Gasteiger partial charge in [-0.05, 0) is 49.2 Å². The van der Waals surface area contributed by atoms with Crippen molar-refractivity contribution in [3.05, 3.63) is 57.6 Å². The van der Waals surface area contributed by atoms with Crippen LogP contribution >= 0.6 is 23.2 Å². The Labute approximate surface area is 190 Å². The average molecular weight is 511 g/mol. The number of carboxylic acids is 1. The summed E-state index contributed by atoms with van der Waals surface area (Å²) in [6, 6.07) is 4.60. The number of hydrogen-bond acceptors (Lipinski definition) is 4. The number of aliphatic carboxylic acids is 1. The normalized spacial score (nSPS) is 16.8. The van der Waals surface area contributed by atoms with Crippen molar-refractivity contribution < 1.29 is 36.3 Å². The van der Waals surface area contributed by atoms with Crippen molar-refractivity contribution in [2.45, 2.75) is 30.0 Å². The lowest BCUT2D eigenvalue weighted by Crippen LogP contribution is -2.40. The summed E-state index contributed by atoms with van der Waals surface area (Å²) in [6.07, 6.45) is -4.20. The second-order valence-electron chi connectivity index (χ2n) is 6.93. The number of hydrogen-bond donors (Lipinski definition) is 2. The third kappa shape index (κ3) is 4.94. The lowest BCUT2D eigenvalue weighted by Gasteiger charge is -2.23. The van der Waals surface area contributed by atoms with Gasteiger partial charge in [0.05, 0.1) is 26.7 Å². The molecule has 0 radical (unpaired) electrons. The maximum Gasteiger partial charge on any atom is 0.417 e. The summed E-state index contributed by atoms with van der Waals surface area (Å²) < 4.78 is 67.0. The zero-order valence-corrected chi connectivity index (χ0v) is 18.3. The Hall–Kier alpha value is -2.50. The molecule has 1 aliphatic heterocycles. The quantitative estimate of drug-likeness (QED) is 0.616. The number of nitrogens with one attached hydrogen (secondary N) is 1. The third-order valence-electron chi connectivity index (χ3n) is 4.81. The van der Waals surface area contributed by atoms with Gasteiger partial charge in [0.15, 0.2) is 0 Å². The Morgan fingerprint density at radius 2 is 1.81 bits per heavy atom. The van der Waals surface area contributed by atoms with E-state index in [4.69, 9.17) is 23.2 Å². The Kier molecular flexibility index (Phi) is 6.64. The van der Waals surface area contributed by atoms with Crippen LogP contribution in [0.4, 0.5) is 18.9 Å². The van der Waals surface area contributed by atoms with Crippen molar-refractivity contribution in [2.75, 3.05) is 11.3 Å². The molecule has 0 spiro atoms. The van der Waals surface area contributed by atoms with Gasteiger partial charge in [-0.15, -0.1) is 0 Å². The Balaban J connectivity index is 2.00. The van der Waals surface area contributed by atoms with Crippen LogP contribution in [-0.4, -0.2) is 42.9 Å². The first-order valence-corrected chi connectivity index (χ1v) is 11.3. The number of carboxylic acid groups (broad SMARTS) is 1. The number of sulfonamides is 1. The van der Waals surface area contributed by atoms with Crippen LogP contribution < -0.4 is 4.72 Å². The molecule has 32 heavy (non-hydrogen) atoms. The lowest BCUT2D eigenvalue weighted by atomic mass is 10.1. The number of benzene rings is 2. The Bertz CT molecular complexity index is 1190. The molecule has 2 aromatic rings. The van der Waals surface area contributed by atoms with E-state index in [0.29, 0.717) is 12.5 Å². The van der Waals surface area contributed by atoms with Crippen LogP contribution in [0.2, 0.25) is 10.0 Å². The van der Waals surface area contributed by atoms with Gasteiger partial charge < -0.3 is 10.0 Å². The van der Waals surface area contributed by atoms with E-state index in [0.717, 1.165) is 23.1 Å². The predicted molar refractivity (Wildman–Crippen MR) is 110 cm³/mol. The summed E-state index contributed by atoms with van der Waals surface area (Å²) in [5.74, 6) is -1.95. The Morgan fingerprint density at radius 1 is 1.12 bits per heavy atom. The zero-order chi connectivity index (χ0) is 23.8. The molecule has 1 amide bonds. The summed E-state index contributed by atoms with van der Waals surface area (Å²) >= 11 is 11.5. The van der Waals surface area contributed by atoms with Crippen LogP contribution in [0.25, 0.3) is 0 Å². The fourth-order valence-corrected chi connectivity index (χ4v) is 4.79. The van der Waals surface area contributed by atoms with Crippen LogP contribution in [0.15, 0.2) is 41.3 Å². The number of nitrogens with zero attached hydrogens (tertiary/aromatic N) is 1. The van der Waals surface area contributed by atoms with Crippen LogP contribution in [0.3, 0.4) is 0 Å². The molecule has 2 aromatic carbocycles. The maximum absolute atomic E-state index is 13.1. The molecule has 0 saturated carbocycles. The minimum absolute atomic E-state index is 0.0440. The molecule has 2 N–H and O–H groups in total. The topological polar surface area (TPSA) is 104 Å². The third-order valence-corrected chi connectivity index (χ3v) is 6.74. The van der Waals surface area contributed by atoms with Gasteiger partial charge in [0.25, 0.3) is 15.9 Å². The van der Waals surface area contributed by atoms with Gasteiger partial charge >= 0.3 is 12.1 Å². The molecule has 1 unspecified atom stereocenters. The number of halogens is 5. The summed E-state index contributed by atoms with van der Waals surface area (Å²) in [5.41, 5.74) is -1.84. The van der Waals surface area contributed by atoms with E-state index in [1.165, 1.54) is 12.1 Å². The SMILES string of the molecule is O=C(O)C1CCCN1C(=O)c1ccc(Cl)cc1NS(=O)(=O)c1ccc(Cl)c(C(F)(F)F)c1. The van der Waals surface area contributed by atoms with Crippen molar-refractivity contribution in [2.24, 2.45) is 0 Å². The average Bonchev–Trinajstić information content (AvgIpc) is 3.17. The molecule has 1 aliphatic rings. The molecule has 7 nitrogen and oxygen atoms in total. The monoisotopic (exact) mass is 510 g/mol. The highest BCUT2D eigenvalue weighted by atomic mass is 35.5. The molecule has 1 heterocycles. The van der Waals surface area contributed by atoms with E-state index in [9.17, 15) is 36.3 Å². The molecular weight excluding hydrogens is 496 g/mol. The van der Waals surface area contributed by atoms with Crippen molar-refractivity contribution >= 4 is 50.8 Å². The van der Waals surface area contributed by atoms with E-state index < -0.39 is 49.6 Å². The van der Waals surface area contributed by atoms with Gasteiger partial charge in [-0.3, -0.25) is 9.52 Å². The predicted octanol–water partition coefficient (Wildman–Crippen LogP) is 4.50. The molecule has 0 aliphatic carbocycles. The summed E-state index contributed by atoms with van der Waals surface area (Å²) in [7, 11) is -4.59. The minimum atomic E-state index is -4.89. The van der Waals surface area contributed by atoms with Crippen molar-refractivity contribution in [1.29, 1.82) is 0 Å². The second kappa shape index (κ2) is 8.80. The number of amides is 1. The summed E-state index contributed by atoms with van der Waals surface area (Å²) in [6.45, 7) is 0.150. The number of carbonyl (C=O) groups is 2. The largest absolute Gasteiger partial charge is 0.480 e. The zero-order valence-electron chi connectivity index (χ0n) is 16.0. The first-order valence-electron chi connectivity index (χ1n) is 9.04. The lowest BCUT2D eigenvalue weighted by molar-refractivity contribution is -0.141. The fourth-order valence-electron chi connectivity index (χ4n) is 3.30. The number of alkyl halides is 3. The number of anilines is 1. The first kappa shape index (κ1) is 24.1. The molecular formula is C19H15Cl2F3N2O5S. The van der Waals surface area contributed by atoms with E-state index >= 15 is 0 Å². The van der Waals surface area contributed by atoms with Gasteiger partial charge in [0.2, 0.25) is 0 Å². The molecule has 13 heteroatoms. The smallest absolute Gasteiger partial charge is 0.417 e. The van der Waals surface area contributed by atoms with Crippen molar-refractivity contribution in [3.63, 3.8) is 0 Å². The number of rotatable bonds is 5. The number of carbonyl (C=O) groups excluding carboxylic acids is 1. The van der Waals surface area contributed by atoms with Crippen LogP contribution in [-0.2, 0) is 21.0 Å². The van der Waals surface area contributed by atoms with Crippen LogP contribution in [0.5, 0.6) is 0 Å². The van der Waals surface area contributed by atoms with E-state index in [1.807, 2.05) is 0 Å². The van der Waals surface area contributed by atoms with Crippen molar-refractivity contribution in [1.82, 2.24) is 4.90 Å². The van der Waals surface area contributed by atoms with Gasteiger partial charge in [0.1, 0.15) is 6.04 Å². The fraction of sp³-hybridized carbons (Fsp3) is 0.263. The number of likely N-dealkylation sites (tertiary alicyclic amines) is 1. The summed E-state index contributed by atoms with van der Waals surface area (Å²) in [5, 5.41) is 8.68. The Morgan fingerprint density at radius 3 is 2.44 bits per heavy atom. The van der Waals surface area contributed by atoms with Gasteiger partial charge in [-0.1, -0.05) is 23.2 Å². The van der Waals surface area contributed by atoms with Gasteiger partial charge in [0, 0.05) is 11.6 Å². The van der Waals surface area contributed by atoms with Crippen LogP contribution in [0.1, 0.15) is 28.8 Å². The highest BCUT2D eigenvalue weighted by Gasteiger charge is 2.37. The van der Waals surface area contributed by atoms with E-state index in [2.05, 4.69) is 4.72 Å². The molecule has 172 valence electrons. The summed E-state index contributed by atoms with van der Waals surface area (Å²) in [4.78, 5) is 24.7. The first-order chi connectivity index (χ1) is 14.8. The molecule has 0 bridgehead atoms. The molecule has 1 fully saturated rings. The molecule has 0 aromatic heterocycles. The second-order valence-corrected chi connectivity index (χ2v) is 9.46. The molecule has 1 saturated heterocycles.